The fourth-order valence-corrected chi connectivity index (χ4v) is 4.29. The summed E-state index contributed by atoms with van der Waals surface area (Å²) in [6, 6.07) is 3.57. The quantitative estimate of drug-likeness (QED) is 0.312. The summed E-state index contributed by atoms with van der Waals surface area (Å²) >= 11 is 0.806. The van der Waals surface area contributed by atoms with Gasteiger partial charge in [-0.1, -0.05) is 12.0 Å². The van der Waals surface area contributed by atoms with Crippen molar-refractivity contribution in [1.82, 2.24) is 9.80 Å². The van der Waals surface area contributed by atoms with Gasteiger partial charge in [0.05, 0.1) is 24.7 Å². The summed E-state index contributed by atoms with van der Waals surface area (Å²) in [6.45, 7) is 7.63. The number of morpholine rings is 1. The second-order valence-electron chi connectivity index (χ2n) is 7.19. The minimum absolute atomic E-state index is 0.0830. The van der Waals surface area contributed by atoms with E-state index in [0.29, 0.717) is 56.4 Å². The Balaban J connectivity index is 1.84. The molecular weight excluding hydrogens is 444 g/mol. The third kappa shape index (κ3) is 5.97. The van der Waals surface area contributed by atoms with E-state index in [0.717, 1.165) is 22.2 Å². The lowest BCUT2D eigenvalue weighted by Gasteiger charge is -2.28. The molecule has 0 saturated carbocycles. The third-order valence-electron chi connectivity index (χ3n) is 4.95. The molecule has 0 radical (unpaired) electrons. The molecule has 2 fully saturated rings. The Morgan fingerprint density at radius 2 is 2.06 bits per heavy atom. The van der Waals surface area contributed by atoms with E-state index in [1.165, 1.54) is 0 Å². The van der Waals surface area contributed by atoms with Gasteiger partial charge in [0, 0.05) is 18.7 Å². The molecule has 2 saturated heterocycles. The summed E-state index contributed by atoms with van der Waals surface area (Å²) in [7, 11) is 0. The predicted molar refractivity (Wildman–Crippen MR) is 126 cm³/mol. The van der Waals surface area contributed by atoms with Gasteiger partial charge < -0.3 is 19.1 Å². The van der Waals surface area contributed by atoms with Crippen LogP contribution in [0.3, 0.4) is 0 Å². The molecule has 2 heterocycles. The first-order valence-electron chi connectivity index (χ1n) is 10.6. The highest BCUT2D eigenvalue weighted by atomic mass is 32.2. The molecule has 2 aliphatic rings. The van der Waals surface area contributed by atoms with Crippen molar-refractivity contribution < 1.29 is 28.6 Å². The topological polar surface area (TPSA) is 85.4 Å². The molecule has 0 unspecified atom stereocenters. The molecule has 174 valence electrons. The summed E-state index contributed by atoms with van der Waals surface area (Å²) in [6.07, 6.45) is 9.17. The first-order chi connectivity index (χ1) is 16.0. The van der Waals surface area contributed by atoms with Crippen LogP contribution in [0.2, 0.25) is 0 Å². The fourth-order valence-electron chi connectivity index (χ4n) is 3.45. The molecule has 9 heteroatoms. The van der Waals surface area contributed by atoms with Crippen LogP contribution >= 0.6 is 11.8 Å². The van der Waals surface area contributed by atoms with Crippen LogP contribution in [-0.2, 0) is 20.7 Å². The van der Waals surface area contributed by atoms with Gasteiger partial charge in [0.1, 0.15) is 13.2 Å². The van der Waals surface area contributed by atoms with Crippen LogP contribution in [0.5, 0.6) is 11.5 Å². The Morgan fingerprint density at radius 3 is 2.73 bits per heavy atom. The molecule has 0 spiro atoms. The maximum Gasteiger partial charge on any atom is 0.294 e. The SMILES string of the molecule is C#CCOc1c(CC=C)cc(/C=C2/SC(=O)N(CC(=O)N3CCOCC3)C2=O)cc1OCC. The highest BCUT2D eigenvalue weighted by Gasteiger charge is 2.37. The number of imide groups is 1. The summed E-state index contributed by atoms with van der Waals surface area (Å²) in [5.41, 5.74) is 1.45. The number of carbonyl (C=O) groups is 3. The number of hydrogen-bond acceptors (Lipinski definition) is 7. The van der Waals surface area contributed by atoms with Gasteiger partial charge in [-0.3, -0.25) is 19.3 Å². The number of benzene rings is 1. The number of allylic oxidation sites excluding steroid dienone is 1. The number of ether oxygens (including phenoxy) is 3. The maximum atomic E-state index is 12.9. The number of hydrogen-bond donors (Lipinski definition) is 0. The van der Waals surface area contributed by atoms with Crippen LogP contribution in [0.4, 0.5) is 4.79 Å². The van der Waals surface area contributed by atoms with Gasteiger partial charge in [-0.25, -0.2) is 0 Å². The van der Waals surface area contributed by atoms with Crippen molar-refractivity contribution >= 4 is 34.9 Å². The molecule has 0 bridgehead atoms. The van der Waals surface area contributed by atoms with Gasteiger partial charge >= 0.3 is 0 Å². The van der Waals surface area contributed by atoms with Crippen molar-refractivity contribution in [3.05, 3.63) is 40.8 Å². The summed E-state index contributed by atoms with van der Waals surface area (Å²) in [5, 5.41) is -0.474. The minimum Gasteiger partial charge on any atom is -0.490 e. The molecule has 1 aromatic carbocycles. The van der Waals surface area contributed by atoms with E-state index in [1.54, 1.807) is 23.1 Å². The van der Waals surface area contributed by atoms with Gasteiger partial charge in [0.15, 0.2) is 11.5 Å². The van der Waals surface area contributed by atoms with Crippen molar-refractivity contribution in [3.63, 3.8) is 0 Å². The van der Waals surface area contributed by atoms with Crippen LogP contribution in [0.15, 0.2) is 29.7 Å². The lowest BCUT2D eigenvalue weighted by molar-refractivity contribution is -0.139. The molecule has 3 amide bonds. The van der Waals surface area contributed by atoms with Crippen molar-refractivity contribution in [2.24, 2.45) is 0 Å². The Kier molecular flexibility index (Phi) is 8.58. The molecule has 8 nitrogen and oxygen atoms in total. The number of carbonyl (C=O) groups excluding carboxylic acids is 3. The van der Waals surface area contributed by atoms with Gasteiger partial charge in [0.25, 0.3) is 11.1 Å². The van der Waals surface area contributed by atoms with Crippen LogP contribution in [-0.4, -0.2) is 72.9 Å². The Labute approximate surface area is 197 Å². The first-order valence-corrected chi connectivity index (χ1v) is 11.4. The van der Waals surface area contributed by atoms with Crippen molar-refractivity contribution in [2.45, 2.75) is 13.3 Å². The van der Waals surface area contributed by atoms with E-state index in [4.69, 9.17) is 20.6 Å². The average Bonchev–Trinajstić information content (AvgIpc) is 3.07. The predicted octanol–water partition coefficient (Wildman–Crippen LogP) is 2.72. The van der Waals surface area contributed by atoms with Gasteiger partial charge in [-0.05, 0) is 48.9 Å². The molecule has 0 aliphatic carbocycles. The Morgan fingerprint density at radius 1 is 1.30 bits per heavy atom. The lowest BCUT2D eigenvalue weighted by Crippen LogP contribution is -2.46. The number of thioether (sulfide) groups is 1. The van der Waals surface area contributed by atoms with E-state index in [2.05, 4.69) is 12.5 Å². The lowest BCUT2D eigenvalue weighted by atomic mass is 10.0. The maximum absolute atomic E-state index is 12.9. The number of rotatable bonds is 9. The summed E-state index contributed by atoms with van der Waals surface area (Å²) < 4.78 is 16.7. The minimum atomic E-state index is -0.498. The van der Waals surface area contributed by atoms with E-state index in [-0.39, 0.29) is 24.0 Å². The number of terminal acetylenes is 1. The first kappa shape index (κ1) is 24.4. The molecule has 3 rings (SSSR count). The Hall–Kier alpha value is -3.22. The van der Waals surface area contributed by atoms with E-state index >= 15 is 0 Å². The van der Waals surface area contributed by atoms with Crippen molar-refractivity contribution in [2.75, 3.05) is 46.1 Å². The van der Waals surface area contributed by atoms with Gasteiger partial charge in [-0.15, -0.1) is 13.0 Å². The number of amides is 3. The number of nitrogens with zero attached hydrogens (tertiary/aromatic N) is 2. The molecule has 1 aromatic rings. The normalized spacial score (nSPS) is 17.3. The molecular formula is C24H26N2O6S. The smallest absolute Gasteiger partial charge is 0.294 e. The molecule has 2 aliphatic heterocycles. The highest BCUT2D eigenvalue weighted by Crippen LogP contribution is 2.37. The molecule has 0 atom stereocenters. The zero-order valence-electron chi connectivity index (χ0n) is 18.5. The summed E-state index contributed by atoms with van der Waals surface area (Å²) in [4.78, 5) is 40.7. The van der Waals surface area contributed by atoms with Crippen LogP contribution < -0.4 is 9.47 Å². The summed E-state index contributed by atoms with van der Waals surface area (Å²) in [5.74, 6) is 2.68. The standard InChI is InChI=1S/C24H26N2O6S/c1-4-7-18-13-17(14-19(31-6-3)22(18)32-10-5-2)15-20-23(28)26(24(29)33-20)16-21(27)25-8-11-30-12-9-25/h2,4,13-15H,1,6-12,16H2,3H3/b20-15+. The van der Waals surface area contributed by atoms with Gasteiger partial charge in [-0.2, -0.15) is 0 Å². The molecule has 0 N–H and O–H groups in total. The highest BCUT2D eigenvalue weighted by molar-refractivity contribution is 8.18. The van der Waals surface area contributed by atoms with Crippen molar-refractivity contribution in [1.29, 1.82) is 0 Å². The molecule has 0 aromatic heterocycles. The third-order valence-corrected chi connectivity index (χ3v) is 5.85. The van der Waals surface area contributed by atoms with E-state index in [1.807, 2.05) is 13.0 Å². The largest absolute Gasteiger partial charge is 0.490 e. The van der Waals surface area contributed by atoms with Crippen LogP contribution in [0.25, 0.3) is 6.08 Å². The zero-order valence-corrected chi connectivity index (χ0v) is 19.3. The van der Waals surface area contributed by atoms with Crippen molar-refractivity contribution in [3.8, 4) is 23.8 Å². The monoisotopic (exact) mass is 470 g/mol. The van der Waals surface area contributed by atoms with Crippen LogP contribution in [0.1, 0.15) is 18.1 Å². The second kappa shape index (κ2) is 11.6. The van der Waals surface area contributed by atoms with E-state index in [9.17, 15) is 14.4 Å². The second-order valence-corrected chi connectivity index (χ2v) is 8.18. The Bertz CT molecular complexity index is 1010. The average molecular weight is 471 g/mol. The fraction of sp³-hybridized carbons (Fsp3) is 0.375. The van der Waals surface area contributed by atoms with Gasteiger partial charge in [0.2, 0.25) is 5.91 Å². The van der Waals surface area contributed by atoms with E-state index < -0.39 is 11.1 Å². The zero-order chi connectivity index (χ0) is 23.8. The molecule has 33 heavy (non-hydrogen) atoms. The van der Waals surface area contributed by atoms with Crippen LogP contribution in [0, 0.1) is 12.3 Å².